The first kappa shape index (κ1) is 20.1. The molecule has 0 aliphatic carbocycles. The van der Waals surface area contributed by atoms with Gasteiger partial charge in [0.2, 0.25) is 0 Å². The van der Waals surface area contributed by atoms with E-state index < -0.39 is 0 Å². The molecule has 3 aromatic rings. The molecule has 30 heavy (non-hydrogen) atoms. The van der Waals surface area contributed by atoms with Crippen LogP contribution in [0.1, 0.15) is 23.6 Å². The van der Waals surface area contributed by atoms with Crippen molar-refractivity contribution in [3.8, 4) is 0 Å². The Morgan fingerprint density at radius 2 is 1.73 bits per heavy atom. The first-order valence-electron chi connectivity index (χ1n) is 9.69. The number of hydrazone groups is 1. The molecule has 4 rings (SSSR count). The van der Waals surface area contributed by atoms with E-state index in [1.54, 1.807) is 30.3 Å². The molecule has 0 N–H and O–H groups in total. The van der Waals surface area contributed by atoms with Gasteiger partial charge in [0.25, 0.3) is 5.91 Å². The van der Waals surface area contributed by atoms with Crippen LogP contribution in [0.4, 0.5) is 10.1 Å². The number of amides is 1. The van der Waals surface area contributed by atoms with E-state index >= 15 is 0 Å². The van der Waals surface area contributed by atoms with Gasteiger partial charge in [-0.1, -0.05) is 60.1 Å². The normalized spacial score (nSPS) is 15.8. The van der Waals surface area contributed by atoms with Crippen LogP contribution < -0.4 is 4.90 Å². The standard InChI is InChI=1S/C24H21ClFN3O/c1-28(19-7-3-2-4-8-19)16-24(30)29-23(17-11-13-18(25)14-12-17)15-22(27-29)20-9-5-6-10-21(20)26/h2-14,23H,15-16H2,1H3. The predicted molar refractivity (Wildman–Crippen MR) is 118 cm³/mol. The summed E-state index contributed by atoms with van der Waals surface area (Å²) in [6, 6.07) is 23.2. The summed E-state index contributed by atoms with van der Waals surface area (Å²) in [6.07, 6.45) is 0.434. The number of likely N-dealkylation sites (N-methyl/N-ethyl adjacent to an activating group) is 1. The van der Waals surface area contributed by atoms with Gasteiger partial charge in [-0.05, 0) is 35.9 Å². The summed E-state index contributed by atoms with van der Waals surface area (Å²) in [5.74, 6) is -0.505. The highest BCUT2D eigenvalue weighted by Gasteiger charge is 2.34. The summed E-state index contributed by atoms with van der Waals surface area (Å²) in [4.78, 5) is 15.1. The van der Waals surface area contributed by atoms with Gasteiger partial charge in [-0.2, -0.15) is 5.10 Å². The number of carbonyl (C=O) groups is 1. The third-order valence-electron chi connectivity index (χ3n) is 5.17. The molecule has 4 nitrogen and oxygen atoms in total. The van der Waals surface area contributed by atoms with E-state index in [1.165, 1.54) is 11.1 Å². The third kappa shape index (κ3) is 4.21. The van der Waals surface area contributed by atoms with Gasteiger partial charge in [0.15, 0.2) is 0 Å². The van der Waals surface area contributed by atoms with Gasteiger partial charge in [-0.3, -0.25) is 4.79 Å². The van der Waals surface area contributed by atoms with Crippen LogP contribution in [0.2, 0.25) is 5.02 Å². The van der Waals surface area contributed by atoms with Crippen molar-refractivity contribution in [1.82, 2.24) is 5.01 Å². The second-order valence-corrected chi connectivity index (χ2v) is 7.66. The van der Waals surface area contributed by atoms with Crippen LogP contribution in [0, 0.1) is 5.82 Å². The second kappa shape index (κ2) is 8.67. The number of benzene rings is 3. The molecule has 6 heteroatoms. The molecule has 0 fully saturated rings. The van der Waals surface area contributed by atoms with Crippen LogP contribution in [0.3, 0.4) is 0 Å². The average Bonchev–Trinajstić information content (AvgIpc) is 3.20. The first-order chi connectivity index (χ1) is 14.5. The van der Waals surface area contributed by atoms with E-state index in [2.05, 4.69) is 5.10 Å². The van der Waals surface area contributed by atoms with E-state index in [0.29, 0.717) is 22.7 Å². The van der Waals surface area contributed by atoms with Crippen molar-refractivity contribution in [3.63, 3.8) is 0 Å². The van der Waals surface area contributed by atoms with Gasteiger partial charge >= 0.3 is 0 Å². The summed E-state index contributed by atoms with van der Waals surface area (Å²) in [6.45, 7) is 0.155. The highest BCUT2D eigenvalue weighted by atomic mass is 35.5. The number of nitrogens with zero attached hydrogens (tertiary/aromatic N) is 3. The van der Waals surface area contributed by atoms with Crippen molar-refractivity contribution < 1.29 is 9.18 Å². The van der Waals surface area contributed by atoms with Crippen molar-refractivity contribution >= 4 is 28.9 Å². The Morgan fingerprint density at radius 1 is 1.07 bits per heavy atom. The van der Waals surface area contributed by atoms with E-state index in [0.717, 1.165) is 11.3 Å². The molecule has 3 aromatic carbocycles. The zero-order valence-corrected chi connectivity index (χ0v) is 17.3. The first-order valence-corrected chi connectivity index (χ1v) is 10.1. The molecule has 0 saturated carbocycles. The third-order valence-corrected chi connectivity index (χ3v) is 5.43. The van der Waals surface area contributed by atoms with E-state index in [9.17, 15) is 9.18 Å². The van der Waals surface area contributed by atoms with Crippen LogP contribution in [0.5, 0.6) is 0 Å². The van der Waals surface area contributed by atoms with Gasteiger partial charge < -0.3 is 4.90 Å². The van der Waals surface area contributed by atoms with Crippen molar-refractivity contribution in [1.29, 1.82) is 0 Å². The molecule has 1 amide bonds. The molecule has 1 aliphatic rings. The Bertz CT molecular complexity index is 1070. The molecular weight excluding hydrogens is 401 g/mol. The van der Waals surface area contributed by atoms with Crippen molar-refractivity contribution in [2.75, 3.05) is 18.5 Å². The minimum atomic E-state index is -0.346. The zero-order valence-electron chi connectivity index (χ0n) is 16.5. The van der Waals surface area contributed by atoms with E-state index in [-0.39, 0.29) is 24.3 Å². The predicted octanol–water partition coefficient (Wildman–Crippen LogP) is 5.29. The summed E-state index contributed by atoms with van der Waals surface area (Å²) >= 11 is 6.03. The molecule has 1 aliphatic heterocycles. The highest BCUT2D eigenvalue weighted by molar-refractivity contribution is 6.30. The molecule has 0 bridgehead atoms. The largest absolute Gasteiger partial charge is 0.365 e. The number of hydrogen-bond donors (Lipinski definition) is 0. The number of halogens is 2. The van der Waals surface area contributed by atoms with Crippen molar-refractivity contribution in [3.05, 3.63) is 101 Å². The number of rotatable bonds is 5. The summed E-state index contributed by atoms with van der Waals surface area (Å²) < 4.78 is 14.4. The highest BCUT2D eigenvalue weighted by Crippen LogP contribution is 2.34. The van der Waals surface area contributed by atoms with Crippen LogP contribution >= 0.6 is 11.6 Å². The molecule has 1 heterocycles. The Labute approximate surface area is 180 Å². The topological polar surface area (TPSA) is 35.9 Å². The Kier molecular flexibility index (Phi) is 5.81. The number of hydrogen-bond acceptors (Lipinski definition) is 3. The molecule has 0 spiro atoms. The lowest BCUT2D eigenvalue weighted by Gasteiger charge is -2.25. The van der Waals surface area contributed by atoms with Crippen LogP contribution in [-0.4, -0.2) is 30.2 Å². The van der Waals surface area contributed by atoms with Gasteiger partial charge in [0.1, 0.15) is 5.82 Å². The summed E-state index contributed by atoms with van der Waals surface area (Å²) in [7, 11) is 1.86. The minimum absolute atomic E-state index is 0.155. The molecular formula is C24H21ClFN3O. The van der Waals surface area contributed by atoms with Gasteiger partial charge in [-0.15, -0.1) is 0 Å². The lowest BCUT2D eigenvalue weighted by molar-refractivity contribution is -0.131. The van der Waals surface area contributed by atoms with Gasteiger partial charge in [-0.25, -0.2) is 9.40 Å². The maximum atomic E-state index is 14.4. The summed E-state index contributed by atoms with van der Waals surface area (Å²) in [5.41, 5.74) is 2.82. The minimum Gasteiger partial charge on any atom is -0.365 e. The SMILES string of the molecule is CN(CC(=O)N1N=C(c2ccccc2F)CC1c1ccc(Cl)cc1)c1ccccc1. The maximum absolute atomic E-state index is 14.4. The number of anilines is 1. The van der Waals surface area contributed by atoms with Crippen molar-refractivity contribution in [2.45, 2.75) is 12.5 Å². The average molecular weight is 422 g/mol. The Hall–Kier alpha value is -3.18. The lowest BCUT2D eigenvalue weighted by atomic mass is 9.98. The van der Waals surface area contributed by atoms with Crippen molar-refractivity contribution in [2.24, 2.45) is 5.10 Å². The molecule has 1 atom stereocenters. The van der Waals surface area contributed by atoms with Crippen LogP contribution in [-0.2, 0) is 4.79 Å². The Morgan fingerprint density at radius 3 is 2.43 bits per heavy atom. The Balaban J connectivity index is 1.64. The van der Waals surface area contributed by atoms with E-state index in [4.69, 9.17) is 11.6 Å². The quantitative estimate of drug-likeness (QED) is 0.561. The van der Waals surface area contributed by atoms with Gasteiger partial charge in [0, 0.05) is 29.7 Å². The molecule has 152 valence electrons. The molecule has 1 unspecified atom stereocenters. The molecule has 0 saturated heterocycles. The molecule has 0 radical (unpaired) electrons. The maximum Gasteiger partial charge on any atom is 0.262 e. The summed E-state index contributed by atoms with van der Waals surface area (Å²) in [5, 5.41) is 6.64. The number of para-hydroxylation sites is 1. The fraction of sp³-hybridized carbons (Fsp3) is 0.167. The van der Waals surface area contributed by atoms with Gasteiger partial charge in [0.05, 0.1) is 18.3 Å². The van der Waals surface area contributed by atoms with E-state index in [1.807, 2.05) is 54.4 Å². The lowest BCUT2D eigenvalue weighted by Crippen LogP contribution is -2.36. The smallest absolute Gasteiger partial charge is 0.262 e. The van der Waals surface area contributed by atoms with Crippen LogP contribution in [0.25, 0.3) is 0 Å². The second-order valence-electron chi connectivity index (χ2n) is 7.23. The fourth-order valence-electron chi connectivity index (χ4n) is 3.59. The molecule has 0 aromatic heterocycles. The monoisotopic (exact) mass is 421 g/mol. The zero-order chi connectivity index (χ0) is 21.1. The number of carbonyl (C=O) groups excluding carboxylic acids is 1. The van der Waals surface area contributed by atoms with Crippen LogP contribution in [0.15, 0.2) is 84.0 Å². The fourth-order valence-corrected chi connectivity index (χ4v) is 3.72.